The van der Waals surface area contributed by atoms with E-state index in [1.165, 1.54) is 12.1 Å². The molecule has 1 unspecified atom stereocenters. The molecule has 0 radical (unpaired) electrons. The van der Waals surface area contributed by atoms with Crippen LogP contribution in [0.3, 0.4) is 0 Å². The van der Waals surface area contributed by atoms with E-state index in [1.807, 2.05) is 31.2 Å². The van der Waals surface area contributed by atoms with Gasteiger partial charge in [-0.1, -0.05) is 18.2 Å². The maximum atomic E-state index is 14.4. The number of benzene rings is 2. The number of rotatable bonds is 3. The van der Waals surface area contributed by atoms with Gasteiger partial charge in [0.05, 0.1) is 0 Å². The number of nitrogens with zero attached hydrogens (tertiary/aromatic N) is 1. The summed E-state index contributed by atoms with van der Waals surface area (Å²) in [5.41, 5.74) is 8.33. The Morgan fingerprint density at radius 3 is 2.52 bits per heavy atom. The van der Waals surface area contributed by atoms with Crippen LogP contribution in [0.4, 0.5) is 20.2 Å². The van der Waals surface area contributed by atoms with Gasteiger partial charge in [0, 0.05) is 18.3 Å². The van der Waals surface area contributed by atoms with Crippen LogP contribution in [0.15, 0.2) is 36.4 Å². The van der Waals surface area contributed by atoms with Gasteiger partial charge in [0.2, 0.25) is 0 Å². The van der Waals surface area contributed by atoms with Crippen LogP contribution in [0.5, 0.6) is 0 Å². The van der Waals surface area contributed by atoms with Crippen LogP contribution in [0.25, 0.3) is 0 Å². The molecule has 3 rings (SSSR count). The van der Waals surface area contributed by atoms with Crippen LogP contribution in [0, 0.1) is 11.6 Å². The Bertz CT molecular complexity index is 645. The fourth-order valence-corrected chi connectivity index (χ4v) is 2.94. The van der Waals surface area contributed by atoms with Crippen LogP contribution in [-0.4, -0.2) is 12.6 Å². The maximum Gasteiger partial charge on any atom is 0.150 e. The molecule has 0 aromatic heterocycles. The molecule has 1 aliphatic heterocycles. The summed E-state index contributed by atoms with van der Waals surface area (Å²) in [6, 6.07) is 10.4. The first-order valence-corrected chi connectivity index (χ1v) is 7.15. The monoisotopic (exact) mass is 288 g/mol. The highest BCUT2D eigenvalue weighted by Crippen LogP contribution is 2.37. The normalized spacial score (nSPS) is 15.1. The van der Waals surface area contributed by atoms with Gasteiger partial charge in [-0.3, -0.25) is 0 Å². The van der Waals surface area contributed by atoms with Gasteiger partial charge >= 0.3 is 0 Å². The van der Waals surface area contributed by atoms with Gasteiger partial charge in [-0.25, -0.2) is 8.78 Å². The molecule has 1 atom stereocenters. The number of hydrogen-bond donors (Lipinski definition) is 1. The smallest absolute Gasteiger partial charge is 0.150 e. The van der Waals surface area contributed by atoms with E-state index in [0.29, 0.717) is 18.5 Å². The first kappa shape index (κ1) is 14.0. The molecule has 0 aliphatic carbocycles. The molecule has 2 N–H and O–H groups in total. The molecule has 2 aromatic rings. The Balaban J connectivity index is 2.01. The molecule has 1 heterocycles. The van der Waals surface area contributed by atoms with E-state index in [0.717, 1.165) is 17.7 Å². The second kappa shape index (κ2) is 5.45. The van der Waals surface area contributed by atoms with E-state index >= 15 is 0 Å². The summed E-state index contributed by atoms with van der Waals surface area (Å²) in [7, 11) is 0. The van der Waals surface area contributed by atoms with E-state index in [-0.39, 0.29) is 11.7 Å². The second-order valence-electron chi connectivity index (χ2n) is 5.62. The molecule has 0 saturated heterocycles. The van der Waals surface area contributed by atoms with Gasteiger partial charge in [0.15, 0.2) is 0 Å². The summed E-state index contributed by atoms with van der Waals surface area (Å²) in [5, 5.41) is 0. The summed E-state index contributed by atoms with van der Waals surface area (Å²) < 4.78 is 28.8. The van der Waals surface area contributed by atoms with Gasteiger partial charge < -0.3 is 10.6 Å². The SMILES string of the molecule is CC(N)Cc1cc(F)c(N2CCc3ccccc32)c(F)c1. The van der Waals surface area contributed by atoms with E-state index < -0.39 is 11.6 Å². The van der Waals surface area contributed by atoms with Crippen molar-refractivity contribution < 1.29 is 8.78 Å². The van der Waals surface area contributed by atoms with Crippen molar-refractivity contribution in [2.24, 2.45) is 5.73 Å². The van der Waals surface area contributed by atoms with Gasteiger partial charge in [0.1, 0.15) is 17.3 Å². The Morgan fingerprint density at radius 2 is 1.86 bits per heavy atom. The Morgan fingerprint density at radius 1 is 1.19 bits per heavy atom. The lowest BCUT2D eigenvalue weighted by atomic mass is 10.1. The average Bonchev–Trinajstić information content (AvgIpc) is 2.81. The topological polar surface area (TPSA) is 29.3 Å². The fraction of sp³-hybridized carbons (Fsp3) is 0.294. The molecular weight excluding hydrogens is 270 g/mol. The van der Waals surface area contributed by atoms with Gasteiger partial charge in [-0.15, -0.1) is 0 Å². The molecular formula is C17H18F2N2. The minimum absolute atomic E-state index is 0.0355. The van der Waals surface area contributed by atoms with E-state index in [4.69, 9.17) is 5.73 Å². The molecule has 0 amide bonds. The van der Waals surface area contributed by atoms with Crippen molar-refractivity contribution in [1.29, 1.82) is 0 Å². The van der Waals surface area contributed by atoms with Crippen molar-refractivity contribution in [3.05, 3.63) is 59.2 Å². The third kappa shape index (κ3) is 2.63. The highest BCUT2D eigenvalue weighted by Gasteiger charge is 2.25. The summed E-state index contributed by atoms with van der Waals surface area (Å²) in [6.07, 6.45) is 1.27. The van der Waals surface area contributed by atoms with Crippen molar-refractivity contribution >= 4 is 11.4 Å². The van der Waals surface area contributed by atoms with Crippen LogP contribution in [0.2, 0.25) is 0 Å². The zero-order chi connectivity index (χ0) is 15.0. The third-order valence-corrected chi connectivity index (χ3v) is 3.79. The van der Waals surface area contributed by atoms with E-state index in [9.17, 15) is 8.78 Å². The van der Waals surface area contributed by atoms with E-state index in [2.05, 4.69) is 0 Å². The summed E-state index contributed by atoms with van der Waals surface area (Å²) in [6.45, 7) is 2.42. The predicted octanol–water partition coefficient (Wildman–Crippen LogP) is 3.55. The van der Waals surface area contributed by atoms with Crippen molar-refractivity contribution in [3.63, 3.8) is 0 Å². The lowest BCUT2D eigenvalue weighted by Crippen LogP contribution is -2.20. The Kier molecular flexibility index (Phi) is 3.64. The van der Waals surface area contributed by atoms with Crippen molar-refractivity contribution in [1.82, 2.24) is 0 Å². The molecule has 4 heteroatoms. The Labute approximate surface area is 123 Å². The summed E-state index contributed by atoms with van der Waals surface area (Å²) in [5.74, 6) is -1.05. The molecule has 0 fully saturated rings. The highest BCUT2D eigenvalue weighted by atomic mass is 19.1. The van der Waals surface area contributed by atoms with Crippen LogP contribution >= 0.6 is 0 Å². The third-order valence-electron chi connectivity index (χ3n) is 3.79. The number of hydrogen-bond acceptors (Lipinski definition) is 2. The lowest BCUT2D eigenvalue weighted by molar-refractivity contribution is 0.576. The van der Waals surface area contributed by atoms with Crippen LogP contribution in [0.1, 0.15) is 18.1 Å². The quantitative estimate of drug-likeness (QED) is 0.936. The molecule has 0 bridgehead atoms. The van der Waals surface area contributed by atoms with Crippen LogP contribution in [-0.2, 0) is 12.8 Å². The zero-order valence-electron chi connectivity index (χ0n) is 11.9. The first-order chi connectivity index (χ1) is 10.1. The Hall–Kier alpha value is -1.94. The number of para-hydroxylation sites is 1. The minimum atomic E-state index is -0.526. The predicted molar refractivity (Wildman–Crippen MR) is 80.9 cm³/mol. The van der Waals surface area contributed by atoms with Gasteiger partial charge in [0.25, 0.3) is 0 Å². The largest absolute Gasteiger partial charge is 0.336 e. The van der Waals surface area contributed by atoms with Crippen LogP contribution < -0.4 is 10.6 Å². The van der Waals surface area contributed by atoms with Crippen molar-refractivity contribution in [2.75, 3.05) is 11.4 Å². The van der Waals surface area contributed by atoms with Gasteiger partial charge in [-0.2, -0.15) is 0 Å². The van der Waals surface area contributed by atoms with Crippen molar-refractivity contribution in [3.8, 4) is 0 Å². The minimum Gasteiger partial charge on any atom is -0.336 e. The number of nitrogens with two attached hydrogens (primary N) is 1. The molecule has 0 saturated carbocycles. The number of halogens is 2. The molecule has 0 spiro atoms. The lowest BCUT2D eigenvalue weighted by Gasteiger charge is -2.21. The second-order valence-corrected chi connectivity index (χ2v) is 5.62. The van der Waals surface area contributed by atoms with Gasteiger partial charge in [-0.05, 0) is 49.1 Å². The molecule has 2 nitrogen and oxygen atoms in total. The molecule has 21 heavy (non-hydrogen) atoms. The number of fused-ring (bicyclic) bond motifs is 1. The highest BCUT2D eigenvalue weighted by molar-refractivity contribution is 5.70. The van der Waals surface area contributed by atoms with E-state index in [1.54, 1.807) is 4.90 Å². The first-order valence-electron chi connectivity index (χ1n) is 7.15. The zero-order valence-corrected chi connectivity index (χ0v) is 11.9. The summed E-state index contributed by atoms with van der Waals surface area (Å²) in [4.78, 5) is 1.72. The number of anilines is 2. The summed E-state index contributed by atoms with van der Waals surface area (Å²) >= 11 is 0. The fourth-order valence-electron chi connectivity index (χ4n) is 2.94. The standard InChI is InChI=1S/C17H18F2N2/c1-11(20)8-12-9-14(18)17(15(19)10-12)21-7-6-13-4-2-3-5-16(13)21/h2-5,9-11H,6-8,20H2,1H3. The molecule has 110 valence electrons. The maximum absolute atomic E-state index is 14.4. The molecule has 1 aliphatic rings. The van der Waals surface area contributed by atoms with Crippen molar-refractivity contribution in [2.45, 2.75) is 25.8 Å². The average molecular weight is 288 g/mol. The molecule has 2 aromatic carbocycles.